The average Bonchev–Trinajstić information content (AvgIpc) is 2.74. The van der Waals surface area contributed by atoms with Gasteiger partial charge in [-0.25, -0.2) is 0 Å². The van der Waals surface area contributed by atoms with Crippen molar-refractivity contribution in [1.82, 2.24) is 5.32 Å². The molecule has 0 spiro atoms. The van der Waals surface area contributed by atoms with Crippen molar-refractivity contribution in [2.75, 3.05) is 6.54 Å². The molecule has 1 fully saturated rings. The maximum absolute atomic E-state index is 11.9. The van der Waals surface area contributed by atoms with Crippen LogP contribution in [0.15, 0.2) is 0 Å². The van der Waals surface area contributed by atoms with E-state index in [9.17, 15) is 4.79 Å². The van der Waals surface area contributed by atoms with Gasteiger partial charge in [0.25, 0.3) is 0 Å². The molecule has 1 saturated carbocycles. The molecule has 0 saturated heterocycles. The molecule has 0 heterocycles. The molecular weight excluding hydrogens is 212 g/mol. The first-order valence-electron chi connectivity index (χ1n) is 7.02. The molecule has 0 radical (unpaired) electrons. The summed E-state index contributed by atoms with van der Waals surface area (Å²) < 4.78 is 0. The Bertz CT molecular complexity index is 245. The molecule has 3 heteroatoms. The van der Waals surface area contributed by atoms with Gasteiger partial charge in [0.1, 0.15) is 0 Å². The zero-order valence-corrected chi connectivity index (χ0v) is 11.6. The first-order chi connectivity index (χ1) is 7.99. The summed E-state index contributed by atoms with van der Waals surface area (Å²) in [6.45, 7) is 7.23. The fourth-order valence-electron chi connectivity index (χ4n) is 2.80. The zero-order valence-electron chi connectivity index (χ0n) is 11.6. The topological polar surface area (TPSA) is 55.1 Å². The maximum atomic E-state index is 11.9. The number of carbonyl (C=O) groups is 1. The summed E-state index contributed by atoms with van der Waals surface area (Å²) in [6.07, 6.45) is 7.05. The molecule has 1 amide bonds. The maximum Gasteiger partial charge on any atom is 0.236 e. The van der Waals surface area contributed by atoms with Crippen LogP contribution >= 0.6 is 0 Å². The van der Waals surface area contributed by atoms with Crippen LogP contribution in [-0.4, -0.2) is 18.5 Å². The minimum Gasteiger partial charge on any atom is -0.354 e. The quantitative estimate of drug-likeness (QED) is 0.749. The fraction of sp³-hybridized carbons (Fsp3) is 0.929. The Morgan fingerprint density at radius 1 is 1.35 bits per heavy atom. The van der Waals surface area contributed by atoms with Crippen LogP contribution in [0.4, 0.5) is 0 Å². The highest BCUT2D eigenvalue weighted by atomic mass is 16.2. The number of nitrogens with one attached hydrogen (secondary N) is 1. The van der Waals surface area contributed by atoms with Gasteiger partial charge in [0.2, 0.25) is 5.91 Å². The van der Waals surface area contributed by atoms with Crippen molar-refractivity contribution >= 4 is 5.91 Å². The lowest BCUT2D eigenvalue weighted by atomic mass is 9.83. The van der Waals surface area contributed by atoms with Crippen molar-refractivity contribution in [3.05, 3.63) is 0 Å². The van der Waals surface area contributed by atoms with Crippen molar-refractivity contribution in [3.63, 3.8) is 0 Å². The third-order valence-electron chi connectivity index (χ3n) is 4.11. The molecule has 0 aromatic carbocycles. The summed E-state index contributed by atoms with van der Waals surface area (Å²) in [5, 5.41) is 3.06. The van der Waals surface area contributed by atoms with Gasteiger partial charge in [-0.2, -0.15) is 0 Å². The predicted molar refractivity (Wildman–Crippen MR) is 71.6 cm³/mol. The van der Waals surface area contributed by atoms with Gasteiger partial charge < -0.3 is 11.1 Å². The molecular formula is C14H28N2O. The Hall–Kier alpha value is -0.570. The fourth-order valence-corrected chi connectivity index (χ4v) is 2.80. The summed E-state index contributed by atoms with van der Waals surface area (Å²) in [7, 11) is 0. The second-order valence-electron chi connectivity index (χ2n) is 6.01. The second-order valence-corrected chi connectivity index (χ2v) is 6.01. The summed E-state index contributed by atoms with van der Waals surface area (Å²) in [5.74, 6) is 0.501. The average molecular weight is 240 g/mol. The number of nitrogens with two attached hydrogens (primary N) is 1. The molecule has 100 valence electrons. The number of amides is 1. The summed E-state index contributed by atoms with van der Waals surface area (Å²) >= 11 is 0. The van der Waals surface area contributed by atoms with Gasteiger partial charge in [0.05, 0.1) is 6.04 Å². The van der Waals surface area contributed by atoms with Gasteiger partial charge in [-0.3, -0.25) is 4.79 Å². The summed E-state index contributed by atoms with van der Waals surface area (Å²) in [5.41, 5.74) is 6.23. The molecule has 3 nitrogen and oxygen atoms in total. The third kappa shape index (κ3) is 4.30. The van der Waals surface area contributed by atoms with E-state index in [0.29, 0.717) is 11.3 Å². The Morgan fingerprint density at radius 2 is 1.94 bits per heavy atom. The van der Waals surface area contributed by atoms with Crippen LogP contribution in [-0.2, 0) is 4.79 Å². The van der Waals surface area contributed by atoms with E-state index in [-0.39, 0.29) is 11.9 Å². The Balaban J connectivity index is 2.36. The van der Waals surface area contributed by atoms with Crippen LogP contribution in [0, 0.1) is 11.3 Å². The van der Waals surface area contributed by atoms with Crippen LogP contribution in [0.5, 0.6) is 0 Å². The third-order valence-corrected chi connectivity index (χ3v) is 4.11. The Labute approximate surface area is 106 Å². The van der Waals surface area contributed by atoms with E-state index >= 15 is 0 Å². The van der Waals surface area contributed by atoms with E-state index in [4.69, 9.17) is 5.73 Å². The number of hydrogen-bond acceptors (Lipinski definition) is 2. The van der Waals surface area contributed by atoms with Gasteiger partial charge in [0, 0.05) is 6.54 Å². The lowest BCUT2D eigenvalue weighted by molar-refractivity contribution is -0.123. The van der Waals surface area contributed by atoms with Crippen molar-refractivity contribution < 1.29 is 4.79 Å². The summed E-state index contributed by atoms with van der Waals surface area (Å²) in [6, 6.07) is -0.342. The largest absolute Gasteiger partial charge is 0.354 e. The predicted octanol–water partition coefficient (Wildman–Crippen LogP) is 2.45. The monoisotopic (exact) mass is 240 g/mol. The first kappa shape index (κ1) is 14.5. The molecule has 1 atom stereocenters. The van der Waals surface area contributed by atoms with E-state index < -0.39 is 0 Å². The molecule has 1 unspecified atom stereocenters. The van der Waals surface area contributed by atoms with Gasteiger partial charge in [-0.15, -0.1) is 0 Å². The second kappa shape index (κ2) is 6.39. The Morgan fingerprint density at radius 3 is 2.41 bits per heavy atom. The number of carbonyl (C=O) groups excluding carboxylic acids is 1. The van der Waals surface area contributed by atoms with Gasteiger partial charge in [0.15, 0.2) is 0 Å². The smallest absolute Gasteiger partial charge is 0.236 e. The molecule has 1 aliphatic rings. The molecule has 3 N–H and O–H groups in total. The lowest BCUT2D eigenvalue weighted by Crippen LogP contribution is -2.45. The normalized spacial score (nSPS) is 20.5. The molecule has 17 heavy (non-hydrogen) atoms. The molecule has 1 rings (SSSR count). The van der Waals surface area contributed by atoms with Crippen LogP contribution in [0.2, 0.25) is 0 Å². The minimum atomic E-state index is -0.342. The van der Waals surface area contributed by atoms with Crippen LogP contribution in [0.3, 0.4) is 0 Å². The van der Waals surface area contributed by atoms with Gasteiger partial charge >= 0.3 is 0 Å². The van der Waals surface area contributed by atoms with E-state index in [0.717, 1.165) is 19.4 Å². The van der Waals surface area contributed by atoms with E-state index in [1.165, 1.54) is 25.7 Å². The van der Waals surface area contributed by atoms with Crippen molar-refractivity contribution in [1.29, 1.82) is 0 Å². The van der Waals surface area contributed by atoms with Gasteiger partial charge in [-0.1, -0.05) is 33.6 Å². The minimum absolute atomic E-state index is 0.0263. The van der Waals surface area contributed by atoms with Crippen molar-refractivity contribution in [2.24, 2.45) is 17.1 Å². The zero-order chi connectivity index (χ0) is 12.9. The highest BCUT2D eigenvalue weighted by molar-refractivity contribution is 5.81. The standard InChI is InChI=1S/C14H28N2O/c1-4-14(7-5-6-8-14)10-16-13(17)12(15)9-11(2)3/h11-12H,4-10,15H2,1-3H3,(H,16,17). The molecule has 0 aliphatic heterocycles. The number of rotatable bonds is 6. The van der Waals surface area contributed by atoms with E-state index in [1.807, 2.05) is 0 Å². The molecule has 0 aromatic rings. The Kier molecular flexibility index (Phi) is 5.44. The lowest BCUT2D eigenvalue weighted by Gasteiger charge is -2.28. The summed E-state index contributed by atoms with van der Waals surface area (Å²) in [4.78, 5) is 11.9. The van der Waals surface area contributed by atoms with Crippen molar-refractivity contribution in [2.45, 2.75) is 65.3 Å². The molecule has 1 aliphatic carbocycles. The van der Waals surface area contributed by atoms with Crippen LogP contribution in [0.25, 0.3) is 0 Å². The van der Waals surface area contributed by atoms with E-state index in [1.54, 1.807) is 0 Å². The molecule has 0 bridgehead atoms. The first-order valence-corrected chi connectivity index (χ1v) is 7.02. The molecule has 0 aromatic heterocycles. The van der Waals surface area contributed by atoms with Crippen LogP contribution in [0.1, 0.15) is 59.3 Å². The van der Waals surface area contributed by atoms with Gasteiger partial charge in [-0.05, 0) is 37.0 Å². The SMILES string of the molecule is CCC1(CNC(=O)C(N)CC(C)C)CCCC1. The number of hydrogen-bond donors (Lipinski definition) is 2. The van der Waals surface area contributed by atoms with E-state index in [2.05, 4.69) is 26.1 Å². The van der Waals surface area contributed by atoms with Crippen molar-refractivity contribution in [3.8, 4) is 0 Å². The highest BCUT2D eigenvalue weighted by Crippen LogP contribution is 2.40. The van der Waals surface area contributed by atoms with Crippen LogP contribution < -0.4 is 11.1 Å². The highest BCUT2D eigenvalue weighted by Gasteiger charge is 2.32.